The molecule has 0 aliphatic rings. The van der Waals surface area contributed by atoms with Crippen LogP contribution < -0.4 is 5.32 Å². The lowest BCUT2D eigenvalue weighted by molar-refractivity contribution is -0.139. The minimum atomic E-state index is -0.572. The molecule has 0 saturated carbocycles. The molecule has 0 radical (unpaired) electrons. The first-order valence-electron chi connectivity index (χ1n) is 10.1. The summed E-state index contributed by atoms with van der Waals surface area (Å²) in [7, 11) is 0. The summed E-state index contributed by atoms with van der Waals surface area (Å²) in [6.45, 7) is 5.98. The van der Waals surface area contributed by atoms with Crippen LogP contribution >= 0.6 is 46.6 Å². The molecule has 168 valence electrons. The maximum Gasteiger partial charge on any atom is 0.243 e. The van der Waals surface area contributed by atoms with Crippen molar-refractivity contribution in [3.8, 4) is 0 Å². The third-order valence-electron chi connectivity index (χ3n) is 4.59. The largest absolute Gasteiger partial charge is 0.352 e. The van der Waals surface area contributed by atoms with Crippen molar-refractivity contribution in [2.75, 3.05) is 5.75 Å². The van der Waals surface area contributed by atoms with Crippen LogP contribution in [0.5, 0.6) is 0 Å². The van der Waals surface area contributed by atoms with E-state index in [0.29, 0.717) is 27.2 Å². The van der Waals surface area contributed by atoms with E-state index in [1.807, 2.05) is 45.0 Å². The van der Waals surface area contributed by atoms with E-state index in [-0.39, 0.29) is 30.2 Å². The number of carbonyl (C=O) groups is 2. The highest BCUT2D eigenvalue weighted by Crippen LogP contribution is 2.25. The second-order valence-corrected chi connectivity index (χ2v) is 9.65. The smallest absolute Gasteiger partial charge is 0.243 e. The topological polar surface area (TPSA) is 49.4 Å². The van der Waals surface area contributed by atoms with Crippen LogP contribution in [-0.2, 0) is 21.9 Å². The Labute approximate surface area is 203 Å². The third-order valence-corrected chi connectivity index (χ3v) is 6.69. The van der Waals surface area contributed by atoms with E-state index in [1.165, 1.54) is 11.8 Å². The fourth-order valence-electron chi connectivity index (χ4n) is 3.08. The van der Waals surface area contributed by atoms with Crippen molar-refractivity contribution >= 4 is 58.4 Å². The molecule has 2 rings (SSSR count). The third kappa shape index (κ3) is 7.90. The summed E-state index contributed by atoms with van der Waals surface area (Å²) in [6.07, 6.45) is 0.506. The lowest BCUT2D eigenvalue weighted by Gasteiger charge is -2.31. The first-order valence-corrected chi connectivity index (χ1v) is 12.4. The Morgan fingerprint density at radius 3 is 2.35 bits per heavy atom. The van der Waals surface area contributed by atoms with Gasteiger partial charge in [-0.3, -0.25) is 9.59 Å². The van der Waals surface area contributed by atoms with Crippen LogP contribution in [0.2, 0.25) is 15.1 Å². The van der Waals surface area contributed by atoms with Crippen LogP contribution in [0.4, 0.5) is 0 Å². The number of hydrogen-bond donors (Lipinski definition) is 1. The zero-order valence-corrected chi connectivity index (χ0v) is 20.9. The van der Waals surface area contributed by atoms with Gasteiger partial charge in [-0.2, -0.15) is 0 Å². The van der Waals surface area contributed by atoms with Crippen LogP contribution in [0, 0.1) is 0 Å². The van der Waals surface area contributed by atoms with Gasteiger partial charge in [-0.25, -0.2) is 0 Å². The maximum atomic E-state index is 13.2. The van der Waals surface area contributed by atoms with Crippen LogP contribution in [0.3, 0.4) is 0 Å². The summed E-state index contributed by atoms with van der Waals surface area (Å²) >= 11 is 19.8. The summed E-state index contributed by atoms with van der Waals surface area (Å²) in [4.78, 5) is 27.6. The molecule has 2 aromatic rings. The van der Waals surface area contributed by atoms with Gasteiger partial charge >= 0.3 is 0 Å². The number of amides is 2. The molecule has 31 heavy (non-hydrogen) atoms. The molecule has 0 heterocycles. The number of carbonyl (C=O) groups excluding carboxylic acids is 2. The van der Waals surface area contributed by atoms with E-state index in [2.05, 4.69) is 5.32 Å². The zero-order chi connectivity index (χ0) is 23.0. The maximum absolute atomic E-state index is 13.2. The van der Waals surface area contributed by atoms with Crippen molar-refractivity contribution in [1.82, 2.24) is 10.2 Å². The molecule has 4 nitrogen and oxygen atoms in total. The lowest BCUT2D eigenvalue weighted by Crippen LogP contribution is -2.51. The Kier molecular flexibility index (Phi) is 10.5. The lowest BCUT2D eigenvalue weighted by atomic mass is 10.1. The highest BCUT2D eigenvalue weighted by Gasteiger charge is 2.29. The minimum absolute atomic E-state index is 0.0113. The van der Waals surface area contributed by atoms with Gasteiger partial charge < -0.3 is 10.2 Å². The fraction of sp³-hybridized carbons (Fsp3) is 0.391. The highest BCUT2D eigenvalue weighted by atomic mass is 35.5. The van der Waals surface area contributed by atoms with Gasteiger partial charge in [0, 0.05) is 23.4 Å². The van der Waals surface area contributed by atoms with E-state index in [9.17, 15) is 9.59 Å². The first-order chi connectivity index (χ1) is 14.7. The standard InChI is InChI=1S/C23H27Cl3N2O2S/c1-4-21(23(30)27-15(2)3)28(12-17-7-5-6-8-18(17)24)22(29)14-31-13-16-9-10-19(25)20(26)11-16/h5-11,15,21H,4,12-14H2,1-3H3,(H,27,30)/t21-/m0/s1. The predicted molar refractivity (Wildman–Crippen MR) is 132 cm³/mol. The molecule has 8 heteroatoms. The van der Waals surface area contributed by atoms with Gasteiger partial charge in [0.1, 0.15) is 6.04 Å². The van der Waals surface area contributed by atoms with Gasteiger partial charge in [0.2, 0.25) is 11.8 Å². The van der Waals surface area contributed by atoms with Gasteiger partial charge in [0.05, 0.1) is 15.8 Å². The van der Waals surface area contributed by atoms with Gasteiger partial charge in [-0.15, -0.1) is 11.8 Å². The summed E-state index contributed by atoms with van der Waals surface area (Å²) in [5.41, 5.74) is 1.79. The van der Waals surface area contributed by atoms with Gasteiger partial charge in [-0.05, 0) is 49.6 Å². The summed E-state index contributed by atoms with van der Waals surface area (Å²) in [6, 6.07) is 12.2. The normalized spacial score (nSPS) is 12.0. The number of thioether (sulfide) groups is 1. The van der Waals surface area contributed by atoms with Crippen LogP contribution in [0.25, 0.3) is 0 Å². The van der Waals surface area contributed by atoms with Gasteiger partial charge in [0.15, 0.2) is 0 Å². The number of nitrogens with zero attached hydrogens (tertiary/aromatic N) is 1. The molecule has 0 unspecified atom stereocenters. The van der Waals surface area contributed by atoms with Crippen molar-refractivity contribution in [1.29, 1.82) is 0 Å². The van der Waals surface area contributed by atoms with Crippen molar-refractivity contribution in [3.05, 3.63) is 68.7 Å². The van der Waals surface area contributed by atoms with E-state index in [4.69, 9.17) is 34.8 Å². The summed E-state index contributed by atoms with van der Waals surface area (Å²) in [5.74, 6) is 0.566. The van der Waals surface area contributed by atoms with Crippen LogP contribution in [0.15, 0.2) is 42.5 Å². The monoisotopic (exact) mass is 500 g/mol. The van der Waals surface area contributed by atoms with Crippen LogP contribution in [0.1, 0.15) is 38.3 Å². The molecule has 0 aliphatic heterocycles. The molecule has 0 spiro atoms. The van der Waals surface area contributed by atoms with Gasteiger partial charge in [0.25, 0.3) is 0 Å². The molecule has 0 aliphatic carbocycles. The predicted octanol–water partition coefficient (Wildman–Crippen LogP) is 6.21. The Morgan fingerprint density at radius 1 is 1.03 bits per heavy atom. The Bertz CT molecular complexity index is 908. The second-order valence-electron chi connectivity index (χ2n) is 7.44. The number of benzene rings is 2. The van der Waals surface area contributed by atoms with Crippen molar-refractivity contribution in [3.63, 3.8) is 0 Å². The molecule has 0 aromatic heterocycles. The molecular weight excluding hydrogens is 475 g/mol. The average Bonchev–Trinajstić information content (AvgIpc) is 2.71. The molecule has 0 fully saturated rings. The summed E-state index contributed by atoms with van der Waals surface area (Å²) in [5, 5.41) is 4.48. The number of hydrogen-bond acceptors (Lipinski definition) is 3. The van der Waals surface area contributed by atoms with Gasteiger partial charge in [-0.1, -0.05) is 66.0 Å². The van der Waals surface area contributed by atoms with E-state index < -0.39 is 6.04 Å². The number of halogens is 3. The Morgan fingerprint density at radius 2 is 1.74 bits per heavy atom. The van der Waals surface area contributed by atoms with E-state index >= 15 is 0 Å². The Balaban J connectivity index is 2.15. The molecule has 1 N–H and O–H groups in total. The van der Waals surface area contributed by atoms with Crippen molar-refractivity contribution in [2.24, 2.45) is 0 Å². The summed E-state index contributed by atoms with van der Waals surface area (Å²) < 4.78 is 0. The Hall–Kier alpha value is -1.40. The fourth-order valence-corrected chi connectivity index (χ4v) is 4.45. The van der Waals surface area contributed by atoms with E-state index in [0.717, 1.165) is 11.1 Å². The SMILES string of the molecule is CC[C@@H](C(=O)NC(C)C)N(Cc1ccccc1Cl)C(=O)CSCc1ccc(Cl)c(Cl)c1. The van der Waals surface area contributed by atoms with Crippen molar-refractivity contribution in [2.45, 2.75) is 51.6 Å². The number of rotatable bonds is 10. The molecule has 1 atom stereocenters. The number of nitrogens with one attached hydrogen (secondary N) is 1. The molecular formula is C23H27Cl3N2O2S. The van der Waals surface area contributed by atoms with Crippen LogP contribution in [-0.4, -0.2) is 34.6 Å². The molecule has 2 amide bonds. The zero-order valence-electron chi connectivity index (χ0n) is 17.8. The molecule has 0 saturated heterocycles. The molecule has 2 aromatic carbocycles. The minimum Gasteiger partial charge on any atom is -0.352 e. The molecule has 0 bridgehead atoms. The average molecular weight is 502 g/mol. The quantitative estimate of drug-likeness (QED) is 0.421. The highest BCUT2D eigenvalue weighted by molar-refractivity contribution is 7.99. The first kappa shape index (κ1) is 25.9. The second kappa shape index (κ2) is 12.6. The van der Waals surface area contributed by atoms with E-state index in [1.54, 1.807) is 23.1 Å². The van der Waals surface area contributed by atoms with Crippen molar-refractivity contribution < 1.29 is 9.59 Å².